The Morgan fingerprint density at radius 1 is 1.53 bits per heavy atom. The average Bonchev–Trinajstić information content (AvgIpc) is 3.11. The molecule has 4 heteroatoms. The average molecular weight is 228 g/mol. The largest absolute Gasteiger partial charge is 0.342 e. The molecule has 1 amide bonds. The maximum atomic E-state index is 11.7. The minimum absolute atomic E-state index is 0.245. The van der Waals surface area contributed by atoms with E-state index < -0.39 is 0 Å². The summed E-state index contributed by atoms with van der Waals surface area (Å²) in [5.74, 6) is 0.245. The first-order chi connectivity index (χ1) is 7.17. The van der Waals surface area contributed by atoms with E-state index in [1.54, 1.807) is 0 Å². The molecule has 0 unspecified atom stereocenters. The molecule has 2 saturated carbocycles. The Bertz CT molecular complexity index is 249. The number of likely N-dealkylation sites (N-methyl/N-ethyl adjacent to an activating group) is 1. The second kappa shape index (κ2) is 4.34. The van der Waals surface area contributed by atoms with Gasteiger partial charge in [-0.1, -0.05) is 0 Å². The lowest BCUT2D eigenvalue weighted by Crippen LogP contribution is -2.39. The van der Waals surface area contributed by atoms with Crippen LogP contribution in [0.3, 0.4) is 0 Å². The SMILES string of the molecule is CSC1(CNCC(=O)N(C)C2CC2)CC1. The van der Waals surface area contributed by atoms with Crippen LogP contribution in [0, 0.1) is 0 Å². The first-order valence-corrected chi connectivity index (χ1v) is 6.91. The smallest absolute Gasteiger partial charge is 0.236 e. The van der Waals surface area contributed by atoms with Crippen molar-refractivity contribution in [2.75, 3.05) is 26.4 Å². The summed E-state index contributed by atoms with van der Waals surface area (Å²) < 4.78 is 0.457. The second-order valence-corrected chi connectivity index (χ2v) is 6.00. The van der Waals surface area contributed by atoms with Gasteiger partial charge in [-0.25, -0.2) is 0 Å². The molecule has 0 atom stereocenters. The van der Waals surface area contributed by atoms with Crippen molar-refractivity contribution >= 4 is 17.7 Å². The van der Waals surface area contributed by atoms with Gasteiger partial charge < -0.3 is 10.2 Å². The molecule has 1 N–H and O–H groups in total. The highest BCUT2D eigenvalue weighted by atomic mass is 32.2. The number of hydrogen-bond donors (Lipinski definition) is 1. The first-order valence-electron chi connectivity index (χ1n) is 5.68. The zero-order chi connectivity index (χ0) is 10.9. The summed E-state index contributed by atoms with van der Waals surface area (Å²) in [7, 11) is 1.92. The van der Waals surface area contributed by atoms with Crippen LogP contribution >= 0.6 is 11.8 Å². The van der Waals surface area contributed by atoms with E-state index in [2.05, 4.69) is 11.6 Å². The molecule has 15 heavy (non-hydrogen) atoms. The van der Waals surface area contributed by atoms with Crippen LogP contribution < -0.4 is 5.32 Å². The number of rotatable bonds is 6. The summed E-state index contributed by atoms with van der Waals surface area (Å²) >= 11 is 1.93. The Labute approximate surface area is 96.0 Å². The van der Waals surface area contributed by atoms with Crippen LogP contribution in [-0.4, -0.2) is 48.0 Å². The Balaban J connectivity index is 1.62. The van der Waals surface area contributed by atoms with Crippen molar-refractivity contribution in [1.29, 1.82) is 0 Å². The van der Waals surface area contributed by atoms with Crippen molar-refractivity contribution in [3.05, 3.63) is 0 Å². The third-order valence-corrected chi connectivity index (χ3v) is 4.87. The van der Waals surface area contributed by atoms with Crippen molar-refractivity contribution in [2.45, 2.75) is 36.5 Å². The second-order valence-electron chi connectivity index (χ2n) is 4.73. The van der Waals surface area contributed by atoms with E-state index in [0.717, 1.165) is 6.54 Å². The number of amides is 1. The van der Waals surface area contributed by atoms with Crippen LogP contribution in [0.25, 0.3) is 0 Å². The fourth-order valence-corrected chi connectivity index (χ4v) is 2.54. The van der Waals surface area contributed by atoms with Gasteiger partial charge in [0.05, 0.1) is 6.54 Å². The van der Waals surface area contributed by atoms with Crippen molar-refractivity contribution in [3.63, 3.8) is 0 Å². The van der Waals surface area contributed by atoms with Gasteiger partial charge in [0.2, 0.25) is 5.91 Å². The molecule has 0 bridgehead atoms. The number of carbonyl (C=O) groups excluding carboxylic acids is 1. The summed E-state index contributed by atoms with van der Waals surface area (Å²) in [6.07, 6.45) is 7.14. The van der Waals surface area contributed by atoms with Gasteiger partial charge in [-0.05, 0) is 31.9 Å². The fraction of sp³-hybridized carbons (Fsp3) is 0.909. The van der Waals surface area contributed by atoms with Crippen molar-refractivity contribution in [1.82, 2.24) is 10.2 Å². The number of carbonyl (C=O) groups is 1. The summed E-state index contributed by atoms with van der Waals surface area (Å²) in [6, 6.07) is 0.537. The Hall–Kier alpha value is -0.220. The zero-order valence-electron chi connectivity index (χ0n) is 9.58. The van der Waals surface area contributed by atoms with E-state index in [0.29, 0.717) is 17.3 Å². The molecule has 3 nitrogen and oxygen atoms in total. The lowest BCUT2D eigenvalue weighted by Gasteiger charge is -2.18. The van der Waals surface area contributed by atoms with Crippen LogP contribution in [0.4, 0.5) is 0 Å². The van der Waals surface area contributed by atoms with Gasteiger partial charge in [0, 0.05) is 24.4 Å². The van der Waals surface area contributed by atoms with E-state index >= 15 is 0 Å². The predicted octanol–water partition coefficient (Wildman–Crippen LogP) is 1.09. The van der Waals surface area contributed by atoms with Gasteiger partial charge in [-0.3, -0.25) is 4.79 Å². The Kier molecular flexibility index (Phi) is 3.26. The number of nitrogens with zero attached hydrogens (tertiary/aromatic N) is 1. The third-order valence-electron chi connectivity index (χ3n) is 3.45. The van der Waals surface area contributed by atoms with Crippen LogP contribution in [0.5, 0.6) is 0 Å². The summed E-state index contributed by atoms with van der Waals surface area (Å²) in [5.41, 5.74) is 0. The summed E-state index contributed by atoms with van der Waals surface area (Å²) in [5, 5.41) is 3.29. The molecule has 2 aliphatic rings. The maximum absolute atomic E-state index is 11.7. The van der Waals surface area contributed by atoms with Gasteiger partial charge >= 0.3 is 0 Å². The van der Waals surface area contributed by atoms with Crippen LogP contribution in [0.15, 0.2) is 0 Å². The Morgan fingerprint density at radius 3 is 2.67 bits per heavy atom. The molecule has 0 heterocycles. The highest BCUT2D eigenvalue weighted by Crippen LogP contribution is 2.46. The fourth-order valence-electron chi connectivity index (χ4n) is 1.78. The molecule has 86 valence electrons. The van der Waals surface area contributed by atoms with Gasteiger partial charge in [0.1, 0.15) is 0 Å². The molecule has 0 radical (unpaired) electrons. The van der Waals surface area contributed by atoms with Gasteiger partial charge in [0.15, 0.2) is 0 Å². The van der Waals surface area contributed by atoms with E-state index in [9.17, 15) is 4.79 Å². The number of hydrogen-bond acceptors (Lipinski definition) is 3. The molecule has 2 aliphatic carbocycles. The monoisotopic (exact) mass is 228 g/mol. The van der Waals surface area contributed by atoms with Crippen LogP contribution in [-0.2, 0) is 4.79 Å². The molecule has 2 fully saturated rings. The van der Waals surface area contributed by atoms with Crippen LogP contribution in [0.2, 0.25) is 0 Å². The third kappa shape index (κ3) is 2.88. The van der Waals surface area contributed by atoms with Gasteiger partial charge in [0.25, 0.3) is 0 Å². The lowest BCUT2D eigenvalue weighted by atomic mass is 10.4. The van der Waals surface area contributed by atoms with Crippen molar-refractivity contribution in [2.24, 2.45) is 0 Å². The zero-order valence-corrected chi connectivity index (χ0v) is 10.4. The van der Waals surface area contributed by atoms with E-state index in [-0.39, 0.29) is 5.91 Å². The maximum Gasteiger partial charge on any atom is 0.236 e. The highest BCUT2D eigenvalue weighted by molar-refractivity contribution is 8.00. The molecule has 0 aromatic carbocycles. The molecule has 2 rings (SSSR count). The predicted molar refractivity (Wildman–Crippen MR) is 64.1 cm³/mol. The number of thioether (sulfide) groups is 1. The van der Waals surface area contributed by atoms with E-state index in [1.165, 1.54) is 25.7 Å². The topological polar surface area (TPSA) is 32.3 Å². The molecule has 0 spiro atoms. The highest BCUT2D eigenvalue weighted by Gasteiger charge is 2.41. The van der Waals surface area contributed by atoms with E-state index in [1.807, 2.05) is 23.7 Å². The van der Waals surface area contributed by atoms with Crippen molar-refractivity contribution < 1.29 is 4.79 Å². The molecular weight excluding hydrogens is 208 g/mol. The standard InChI is InChI=1S/C11H20N2OS/c1-13(9-3-4-9)10(14)7-12-8-11(15-2)5-6-11/h9,12H,3-8H2,1-2H3. The molecule has 0 saturated heterocycles. The van der Waals surface area contributed by atoms with Gasteiger partial charge in [-0.15, -0.1) is 0 Å². The molecule has 0 aliphatic heterocycles. The normalized spacial score (nSPS) is 22.5. The quantitative estimate of drug-likeness (QED) is 0.738. The van der Waals surface area contributed by atoms with Crippen LogP contribution in [0.1, 0.15) is 25.7 Å². The first kappa shape index (κ1) is 11.3. The van der Waals surface area contributed by atoms with Crippen molar-refractivity contribution in [3.8, 4) is 0 Å². The minimum atomic E-state index is 0.245. The lowest BCUT2D eigenvalue weighted by molar-refractivity contribution is -0.129. The summed E-state index contributed by atoms with van der Waals surface area (Å²) in [6.45, 7) is 1.49. The minimum Gasteiger partial charge on any atom is -0.342 e. The summed E-state index contributed by atoms with van der Waals surface area (Å²) in [4.78, 5) is 13.6. The van der Waals surface area contributed by atoms with Gasteiger partial charge in [-0.2, -0.15) is 11.8 Å². The van der Waals surface area contributed by atoms with E-state index in [4.69, 9.17) is 0 Å². The molecule has 0 aromatic rings. The molecule has 0 aromatic heterocycles. The molecular formula is C11H20N2OS. The Morgan fingerprint density at radius 2 is 2.20 bits per heavy atom. The number of nitrogens with one attached hydrogen (secondary N) is 1.